The second-order valence-electron chi connectivity index (χ2n) is 5.95. The summed E-state index contributed by atoms with van der Waals surface area (Å²) >= 11 is 0. The van der Waals surface area contributed by atoms with Gasteiger partial charge in [0, 0.05) is 13.0 Å². The smallest absolute Gasteiger partial charge is 0.330 e. The summed E-state index contributed by atoms with van der Waals surface area (Å²) in [5.74, 6) is -1.67. The molecule has 2 N–H and O–H groups in total. The van der Waals surface area contributed by atoms with Gasteiger partial charge in [0.25, 0.3) is 0 Å². The van der Waals surface area contributed by atoms with Gasteiger partial charge in [0.2, 0.25) is 11.8 Å². The van der Waals surface area contributed by atoms with Gasteiger partial charge in [0.05, 0.1) is 18.7 Å². The number of nitrogens with zero attached hydrogens (tertiary/aromatic N) is 1. The number of likely N-dealkylation sites (tertiary alicyclic amines) is 1. The van der Waals surface area contributed by atoms with Gasteiger partial charge in [-0.05, 0) is 17.7 Å². The van der Waals surface area contributed by atoms with Crippen LogP contribution in [0.4, 0.5) is 0 Å². The summed E-state index contributed by atoms with van der Waals surface area (Å²) in [4.78, 5) is 37.6. The molecular weight excluding hydrogens is 324 g/mol. The molecule has 1 aromatic carbocycles. The largest absolute Gasteiger partial charge is 0.479 e. The first-order valence-corrected chi connectivity index (χ1v) is 7.93. The second kappa shape index (κ2) is 7.21. The maximum Gasteiger partial charge on any atom is 0.330 e. The Morgan fingerprint density at radius 2 is 2.00 bits per heavy atom. The molecular formula is C18H18N2O5. The van der Waals surface area contributed by atoms with Gasteiger partial charge in [0.1, 0.15) is 5.76 Å². The molecule has 0 aliphatic carbocycles. The van der Waals surface area contributed by atoms with Crippen LogP contribution in [0.1, 0.15) is 23.8 Å². The fraction of sp³-hybridized carbons (Fsp3) is 0.278. The lowest BCUT2D eigenvalue weighted by Gasteiger charge is -2.18. The Morgan fingerprint density at radius 1 is 1.24 bits per heavy atom. The van der Waals surface area contributed by atoms with Crippen molar-refractivity contribution in [2.75, 3.05) is 6.54 Å². The summed E-state index contributed by atoms with van der Waals surface area (Å²) in [6.07, 6.45) is 1.59. The Balaban J connectivity index is 1.64. The lowest BCUT2D eigenvalue weighted by Crippen LogP contribution is -2.38. The maximum atomic E-state index is 12.5. The van der Waals surface area contributed by atoms with E-state index in [1.54, 1.807) is 47.4 Å². The van der Waals surface area contributed by atoms with Gasteiger partial charge in [-0.3, -0.25) is 9.59 Å². The quantitative estimate of drug-likeness (QED) is 0.830. The third-order valence-corrected chi connectivity index (χ3v) is 4.18. The van der Waals surface area contributed by atoms with Gasteiger partial charge < -0.3 is 19.7 Å². The second-order valence-corrected chi connectivity index (χ2v) is 5.95. The van der Waals surface area contributed by atoms with E-state index >= 15 is 0 Å². The number of rotatable bonds is 6. The zero-order valence-electron chi connectivity index (χ0n) is 13.4. The van der Waals surface area contributed by atoms with Gasteiger partial charge in [-0.25, -0.2) is 4.79 Å². The van der Waals surface area contributed by atoms with Gasteiger partial charge >= 0.3 is 5.97 Å². The Hall–Kier alpha value is -3.09. The molecule has 0 saturated carbocycles. The Bertz CT molecular complexity index is 757. The minimum absolute atomic E-state index is 0.0632. The van der Waals surface area contributed by atoms with Crippen molar-refractivity contribution in [2.24, 2.45) is 5.92 Å². The fourth-order valence-corrected chi connectivity index (χ4v) is 2.88. The first kappa shape index (κ1) is 16.8. The molecule has 1 fully saturated rings. The minimum Gasteiger partial charge on any atom is -0.479 e. The van der Waals surface area contributed by atoms with Crippen LogP contribution in [0.3, 0.4) is 0 Å². The number of furan rings is 1. The SMILES string of the molecule is O=C(N[C@H](C(=O)O)c1ccccc1)[C@H]1CC(=O)N(Cc2ccco2)C1. The summed E-state index contributed by atoms with van der Waals surface area (Å²) in [6, 6.07) is 10.8. The normalized spacial score (nSPS) is 18.2. The molecule has 1 saturated heterocycles. The highest BCUT2D eigenvalue weighted by atomic mass is 16.4. The van der Waals surface area contributed by atoms with Crippen molar-refractivity contribution >= 4 is 17.8 Å². The van der Waals surface area contributed by atoms with E-state index in [1.165, 1.54) is 6.26 Å². The molecule has 1 aliphatic rings. The van der Waals surface area contributed by atoms with Gasteiger partial charge in [-0.1, -0.05) is 30.3 Å². The molecule has 0 unspecified atom stereocenters. The molecule has 2 aromatic rings. The monoisotopic (exact) mass is 342 g/mol. The molecule has 2 atom stereocenters. The highest BCUT2D eigenvalue weighted by molar-refractivity contribution is 5.91. The van der Waals surface area contributed by atoms with Gasteiger partial charge in [0.15, 0.2) is 6.04 Å². The van der Waals surface area contributed by atoms with E-state index in [-0.39, 0.29) is 18.9 Å². The molecule has 7 nitrogen and oxygen atoms in total. The number of amides is 2. The molecule has 2 heterocycles. The molecule has 3 rings (SSSR count). The van der Waals surface area contributed by atoms with E-state index in [9.17, 15) is 19.5 Å². The lowest BCUT2D eigenvalue weighted by atomic mass is 10.0. The van der Waals surface area contributed by atoms with E-state index in [0.29, 0.717) is 17.9 Å². The van der Waals surface area contributed by atoms with Crippen LogP contribution in [0.25, 0.3) is 0 Å². The standard InChI is InChI=1S/C18H18N2O5/c21-15-9-13(10-20(15)11-14-7-4-8-25-14)17(22)19-16(18(23)24)12-5-2-1-3-6-12/h1-8,13,16H,9-11H2,(H,19,22)(H,23,24)/t13-,16-/m0/s1. The molecule has 25 heavy (non-hydrogen) atoms. The van der Waals surface area contributed by atoms with Crippen LogP contribution in [-0.4, -0.2) is 34.3 Å². The van der Waals surface area contributed by atoms with Crippen LogP contribution in [-0.2, 0) is 20.9 Å². The predicted molar refractivity (Wildman–Crippen MR) is 87.2 cm³/mol. The van der Waals surface area contributed by atoms with Gasteiger partial charge in [-0.15, -0.1) is 0 Å². The summed E-state index contributed by atoms with van der Waals surface area (Å²) in [6.45, 7) is 0.545. The first-order chi connectivity index (χ1) is 12.0. The van der Waals surface area contributed by atoms with Crippen molar-refractivity contribution in [1.82, 2.24) is 10.2 Å². The Morgan fingerprint density at radius 3 is 2.64 bits per heavy atom. The number of aliphatic carboxylic acids is 1. The molecule has 0 radical (unpaired) electrons. The van der Waals surface area contributed by atoms with Crippen LogP contribution >= 0.6 is 0 Å². The van der Waals surface area contributed by atoms with Crippen molar-refractivity contribution in [3.05, 3.63) is 60.1 Å². The fourth-order valence-electron chi connectivity index (χ4n) is 2.88. The topological polar surface area (TPSA) is 99.8 Å². The van der Waals surface area contributed by atoms with E-state index in [4.69, 9.17) is 4.42 Å². The van der Waals surface area contributed by atoms with E-state index < -0.39 is 23.8 Å². The van der Waals surface area contributed by atoms with Crippen LogP contribution < -0.4 is 5.32 Å². The maximum absolute atomic E-state index is 12.5. The minimum atomic E-state index is -1.14. The predicted octanol–water partition coefficient (Wildman–Crippen LogP) is 1.57. The van der Waals surface area contributed by atoms with Crippen molar-refractivity contribution in [3.8, 4) is 0 Å². The summed E-state index contributed by atoms with van der Waals surface area (Å²) < 4.78 is 5.22. The van der Waals surface area contributed by atoms with Crippen molar-refractivity contribution in [2.45, 2.75) is 19.0 Å². The first-order valence-electron chi connectivity index (χ1n) is 7.93. The van der Waals surface area contributed by atoms with Crippen LogP contribution in [0.5, 0.6) is 0 Å². The highest BCUT2D eigenvalue weighted by Crippen LogP contribution is 2.22. The zero-order valence-corrected chi connectivity index (χ0v) is 13.4. The Labute approximate surface area is 144 Å². The number of benzene rings is 1. The van der Waals surface area contributed by atoms with E-state index in [1.807, 2.05) is 0 Å². The van der Waals surface area contributed by atoms with Crippen LogP contribution in [0.15, 0.2) is 53.1 Å². The number of nitrogens with one attached hydrogen (secondary N) is 1. The Kier molecular flexibility index (Phi) is 4.83. The third-order valence-electron chi connectivity index (χ3n) is 4.18. The van der Waals surface area contributed by atoms with Crippen molar-refractivity contribution in [1.29, 1.82) is 0 Å². The van der Waals surface area contributed by atoms with Crippen LogP contribution in [0, 0.1) is 5.92 Å². The number of carboxylic acids is 1. The summed E-state index contributed by atoms with van der Waals surface area (Å²) in [5, 5.41) is 11.9. The molecule has 130 valence electrons. The number of carbonyl (C=O) groups is 3. The molecule has 2 amide bonds. The molecule has 1 aliphatic heterocycles. The third kappa shape index (κ3) is 3.88. The molecule has 0 bridgehead atoms. The lowest BCUT2D eigenvalue weighted by molar-refractivity contribution is -0.142. The zero-order chi connectivity index (χ0) is 17.8. The number of hydrogen-bond acceptors (Lipinski definition) is 4. The van der Waals surface area contributed by atoms with Gasteiger partial charge in [-0.2, -0.15) is 0 Å². The van der Waals surface area contributed by atoms with Crippen LogP contribution in [0.2, 0.25) is 0 Å². The molecule has 1 aromatic heterocycles. The average Bonchev–Trinajstić information content (AvgIpc) is 3.24. The molecule has 0 spiro atoms. The average molecular weight is 342 g/mol. The van der Waals surface area contributed by atoms with Crippen molar-refractivity contribution in [3.63, 3.8) is 0 Å². The molecule has 7 heteroatoms. The van der Waals surface area contributed by atoms with E-state index in [0.717, 1.165) is 0 Å². The number of carbonyl (C=O) groups excluding carboxylic acids is 2. The summed E-state index contributed by atoms with van der Waals surface area (Å²) in [5.41, 5.74) is 0.486. The van der Waals surface area contributed by atoms with Crippen molar-refractivity contribution < 1.29 is 23.9 Å². The number of carboxylic acid groups (broad SMARTS) is 1. The summed E-state index contributed by atoms with van der Waals surface area (Å²) in [7, 11) is 0. The van der Waals surface area contributed by atoms with E-state index in [2.05, 4.69) is 5.32 Å². The number of hydrogen-bond donors (Lipinski definition) is 2. The highest BCUT2D eigenvalue weighted by Gasteiger charge is 2.36.